The average molecular weight is 191 g/mol. The minimum atomic E-state index is 0.490. The van der Waals surface area contributed by atoms with Crippen LogP contribution in [-0.2, 0) is 0 Å². The molecule has 0 spiro atoms. The lowest BCUT2D eigenvalue weighted by Gasteiger charge is -2.33. The third-order valence-corrected chi connectivity index (χ3v) is 2.83. The number of nitrogens with two attached hydrogens (primary N) is 1. The summed E-state index contributed by atoms with van der Waals surface area (Å²) < 4.78 is 0. The van der Waals surface area contributed by atoms with E-state index in [0.717, 1.165) is 25.3 Å². The Morgan fingerprint density at radius 3 is 2.71 bits per heavy atom. The number of benzene rings is 1. The quantitative estimate of drug-likeness (QED) is 0.646. The van der Waals surface area contributed by atoms with Gasteiger partial charge in [0.15, 0.2) is 0 Å². The first-order valence-electron chi connectivity index (χ1n) is 5.04. The lowest BCUT2D eigenvalue weighted by molar-refractivity contribution is 0.202. The maximum absolute atomic E-state index is 5.66. The van der Waals surface area contributed by atoms with E-state index >= 15 is 0 Å². The summed E-state index contributed by atoms with van der Waals surface area (Å²) in [4.78, 5) is 2.38. The molecule has 1 aliphatic rings. The number of nitrogens with zero attached hydrogens (tertiary/aromatic N) is 1. The summed E-state index contributed by atoms with van der Waals surface area (Å²) in [5, 5.41) is 3.41. The molecule has 1 aliphatic heterocycles. The van der Waals surface area contributed by atoms with Crippen LogP contribution in [0.15, 0.2) is 24.3 Å². The molecule has 3 heteroatoms. The second kappa shape index (κ2) is 3.98. The largest absolute Gasteiger partial charge is 0.399 e. The van der Waals surface area contributed by atoms with Crippen LogP contribution in [0.1, 0.15) is 11.6 Å². The van der Waals surface area contributed by atoms with Crippen molar-refractivity contribution < 1.29 is 0 Å². The van der Waals surface area contributed by atoms with Gasteiger partial charge in [0, 0.05) is 31.4 Å². The topological polar surface area (TPSA) is 41.3 Å². The van der Waals surface area contributed by atoms with Crippen LogP contribution in [0.2, 0.25) is 0 Å². The van der Waals surface area contributed by atoms with E-state index in [4.69, 9.17) is 5.73 Å². The molecule has 1 heterocycles. The van der Waals surface area contributed by atoms with E-state index in [-0.39, 0.29) is 0 Å². The van der Waals surface area contributed by atoms with Crippen molar-refractivity contribution in [3.8, 4) is 0 Å². The van der Waals surface area contributed by atoms with Crippen molar-refractivity contribution in [2.75, 3.05) is 32.4 Å². The summed E-state index contributed by atoms with van der Waals surface area (Å²) >= 11 is 0. The van der Waals surface area contributed by atoms with E-state index in [9.17, 15) is 0 Å². The van der Waals surface area contributed by atoms with Crippen LogP contribution in [0.4, 0.5) is 5.69 Å². The third kappa shape index (κ3) is 1.89. The molecule has 76 valence electrons. The highest BCUT2D eigenvalue weighted by Crippen LogP contribution is 2.21. The van der Waals surface area contributed by atoms with Crippen molar-refractivity contribution in [3.63, 3.8) is 0 Å². The number of anilines is 1. The molecule has 0 bridgehead atoms. The molecule has 0 amide bonds. The molecule has 3 nitrogen and oxygen atoms in total. The predicted octanol–water partition coefficient (Wildman–Crippen LogP) is 0.845. The first-order valence-corrected chi connectivity index (χ1v) is 5.04. The molecule has 1 saturated heterocycles. The zero-order valence-corrected chi connectivity index (χ0v) is 8.53. The summed E-state index contributed by atoms with van der Waals surface area (Å²) in [7, 11) is 2.17. The van der Waals surface area contributed by atoms with E-state index in [0.29, 0.717) is 6.04 Å². The number of nitrogens with one attached hydrogen (secondary N) is 1. The number of nitrogen functional groups attached to an aromatic ring is 1. The van der Waals surface area contributed by atoms with Gasteiger partial charge in [0.1, 0.15) is 0 Å². The van der Waals surface area contributed by atoms with Crippen LogP contribution in [0.3, 0.4) is 0 Å². The van der Waals surface area contributed by atoms with Crippen LogP contribution < -0.4 is 11.1 Å². The van der Waals surface area contributed by atoms with Crippen LogP contribution in [0.25, 0.3) is 0 Å². The highest BCUT2D eigenvalue weighted by atomic mass is 15.2. The summed E-state index contributed by atoms with van der Waals surface area (Å²) in [5.41, 5.74) is 7.84. The van der Waals surface area contributed by atoms with Crippen LogP contribution >= 0.6 is 0 Å². The van der Waals surface area contributed by atoms with Crippen LogP contribution in [-0.4, -0.2) is 31.6 Å². The Kier molecular flexibility index (Phi) is 2.70. The summed E-state index contributed by atoms with van der Waals surface area (Å²) in [6, 6.07) is 8.66. The Morgan fingerprint density at radius 2 is 2.07 bits per heavy atom. The zero-order chi connectivity index (χ0) is 9.97. The summed E-state index contributed by atoms with van der Waals surface area (Å²) in [6.07, 6.45) is 0. The van der Waals surface area contributed by atoms with Gasteiger partial charge >= 0.3 is 0 Å². The highest BCUT2D eigenvalue weighted by Gasteiger charge is 2.19. The van der Waals surface area contributed by atoms with Gasteiger partial charge in [-0.05, 0) is 24.7 Å². The van der Waals surface area contributed by atoms with E-state index < -0.39 is 0 Å². The number of likely N-dealkylation sites (N-methyl/N-ethyl adjacent to an activating group) is 1. The highest BCUT2D eigenvalue weighted by molar-refractivity contribution is 5.40. The fourth-order valence-corrected chi connectivity index (χ4v) is 1.90. The molecule has 1 aromatic rings. The van der Waals surface area contributed by atoms with Crippen LogP contribution in [0, 0.1) is 0 Å². The Bertz CT molecular complexity index is 294. The van der Waals surface area contributed by atoms with E-state index in [1.54, 1.807) is 0 Å². The first-order chi connectivity index (χ1) is 6.77. The lowest BCUT2D eigenvalue weighted by atomic mass is 10.0. The van der Waals surface area contributed by atoms with Gasteiger partial charge in [-0.2, -0.15) is 0 Å². The molecular weight excluding hydrogens is 174 g/mol. The van der Waals surface area contributed by atoms with Gasteiger partial charge in [0.25, 0.3) is 0 Å². The fourth-order valence-electron chi connectivity index (χ4n) is 1.90. The SMILES string of the molecule is CN1CCNCC1c1ccc(N)cc1. The van der Waals surface area contributed by atoms with Crippen molar-refractivity contribution in [2.45, 2.75) is 6.04 Å². The number of hydrogen-bond acceptors (Lipinski definition) is 3. The molecule has 0 aliphatic carbocycles. The van der Waals surface area contributed by atoms with Crippen molar-refractivity contribution in [1.82, 2.24) is 10.2 Å². The Balaban J connectivity index is 2.16. The molecule has 1 atom stereocenters. The normalized spacial score (nSPS) is 23.6. The van der Waals surface area contributed by atoms with Crippen molar-refractivity contribution in [3.05, 3.63) is 29.8 Å². The van der Waals surface area contributed by atoms with Gasteiger partial charge in [-0.25, -0.2) is 0 Å². The first kappa shape index (κ1) is 9.49. The average Bonchev–Trinajstić information content (AvgIpc) is 2.20. The molecule has 0 aromatic heterocycles. The van der Waals surface area contributed by atoms with Gasteiger partial charge in [-0.3, -0.25) is 4.90 Å². The second-order valence-corrected chi connectivity index (χ2v) is 3.87. The van der Waals surface area contributed by atoms with Crippen molar-refractivity contribution in [2.24, 2.45) is 0 Å². The summed E-state index contributed by atoms with van der Waals surface area (Å²) in [6.45, 7) is 3.22. The van der Waals surface area contributed by atoms with Gasteiger partial charge in [0.05, 0.1) is 0 Å². The molecule has 3 N–H and O–H groups in total. The van der Waals surface area contributed by atoms with Gasteiger partial charge in [0.2, 0.25) is 0 Å². The number of rotatable bonds is 1. The third-order valence-electron chi connectivity index (χ3n) is 2.83. The Hall–Kier alpha value is -1.06. The molecular formula is C11H17N3. The van der Waals surface area contributed by atoms with Gasteiger partial charge in [-0.15, -0.1) is 0 Å². The van der Waals surface area contributed by atoms with Crippen molar-refractivity contribution in [1.29, 1.82) is 0 Å². The minimum Gasteiger partial charge on any atom is -0.399 e. The molecule has 1 aromatic carbocycles. The van der Waals surface area contributed by atoms with Gasteiger partial charge in [-0.1, -0.05) is 12.1 Å². The molecule has 2 rings (SSSR count). The van der Waals surface area contributed by atoms with E-state index in [1.165, 1.54) is 5.56 Å². The standard InChI is InChI=1S/C11H17N3/c1-14-7-6-13-8-11(14)9-2-4-10(12)5-3-9/h2-5,11,13H,6-8,12H2,1H3. The molecule has 0 radical (unpaired) electrons. The molecule has 14 heavy (non-hydrogen) atoms. The minimum absolute atomic E-state index is 0.490. The predicted molar refractivity (Wildman–Crippen MR) is 59.1 cm³/mol. The maximum atomic E-state index is 5.66. The monoisotopic (exact) mass is 191 g/mol. The van der Waals surface area contributed by atoms with Gasteiger partial charge < -0.3 is 11.1 Å². The molecule has 1 fully saturated rings. The maximum Gasteiger partial charge on any atom is 0.0470 e. The lowest BCUT2D eigenvalue weighted by Crippen LogP contribution is -2.43. The smallest absolute Gasteiger partial charge is 0.0470 e. The number of piperazine rings is 1. The van der Waals surface area contributed by atoms with Crippen LogP contribution in [0.5, 0.6) is 0 Å². The van der Waals surface area contributed by atoms with E-state index in [1.807, 2.05) is 12.1 Å². The molecule has 1 unspecified atom stereocenters. The Morgan fingerprint density at radius 1 is 1.36 bits per heavy atom. The van der Waals surface area contributed by atoms with E-state index in [2.05, 4.69) is 29.4 Å². The summed E-state index contributed by atoms with van der Waals surface area (Å²) in [5.74, 6) is 0. The fraction of sp³-hybridized carbons (Fsp3) is 0.455. The molecule has 0 saturated carbocycles. The second-order valence-electron chi connectivity index (χ2n) is 3.87. The number of hydrogen-bond donors (Lipinski definition) is 2. The van der Waals surface area contributed by atoms with Crippen molar-refractivity contribution >= 4 is 5.69 Å². The Labute approximate surface area is 84.9 Å². The zero-order valence-electron chi connectivity index (χ0n) is 8.53.